The highest BCUT2D eigenvalue weighted by molar-refractivity contribution is 7.99. The molecule has 2 rings (SSSR count). The van der Waals surface area contributed by atoms with Crippen LogP contribution in [-0.4, -0.2) is 31.9 Å². The van der Waals surface area contributed by atoms with E-state index in [4.69, 9.17) is 5.14 Å². The normalized spacial score (nSPS) is 16.1. The molecule has 0 aliphatic heterocycles. The molecule has 134 valence electrons. The van der Waals surface area contributed by atoms with Crippen molar-refractivity contribution >= 4 is 27.7 Å². The summed E-state index contributed by atoms with van der Waals surface area (Å²) in [5.74, 6) is 0.621. The van der Waals surface area contributed by atoms with E-state index in [-0.39, 0.29) is 10.8 Å². The van der Waals surface area contributed by atoms with Crippen molar-refractivity contribution in [3.63, 3.8) is 0 Å². The summed E-state index contributed by atoms with van der Waals surface area (Å²) in [5, 5.41) is 8.82. The first-order valence-corrected chi connectivity index (χ1v) is 10.9. The monoisotopic (exact) mass is 370 g/mol. The number of nitrogens with one attached hydrogen (secondary N) is 1. The van der Waals surface area contributed by atoms with Crippen molar-refractivity contribution in [2.75, 3.05) is 12.3 Å². The van der Waals surface area contributed by atoms with E-state index in [0.29, 0.717) is 22.9 Å². The third-order valence-corrected chi connectivity index (χ3v) is 6.90. The highest BCUT2D eigenvalue weighted by Gasteiger charge is 2.18. The van der Waals surface area contributed by atoms with Gasteiger partial charge in [0, 0.05) is 23.1 Å². The Bertz CT molecular complexity index is 696. The van der Waals surface area contributed by atoms with Crippen molar-refractivity contribution in [1.82, 2.24) is 5.32 Å². The Morgan fingerprint density at radius 3 is 2.54 bits per heavy atom. The summed E-state index contributed by atoms with van der Waals surface area (Å²) in [6, 6.07) is 3.06. The highest BCUT2D eigenvalue weighted by Crippen LogP contribution is 2.27. The van der Waals surface area contributed by atoms with E-state index in [2.05, 4.69) is 5.32 Å². The molecule has 0 radical (unpaired) electrons. The van der Waals surface area contributed by atoms with Crippen LogP contribution in [0.15, 0.2) is 17.0 Å². The lowest BCUT2D eigenvalue weighted by atomic mass is 10.0. The van der Waals surface area contributed by atoms with E-state index in [1.807, 2.05) is 11.8 Å². The first kappa shape index (κ1) is 19.3. The minimum atomic E-state index is -3.84. The first-order chi connectivity index (χ1) is 11.3. The van der Waals surface area contributed by atoms with Crippen LogP contribution in [0.2, 0.25) is 0 Å². The lowest BCUT2D eigenvalue weighted by molar-refractivity contribution is 0.0956. The average molecular weight is 371 g/mol. The van der Waals surface area contributed by atoms with Crippen LogP contribution in [0.1, 0.15) is 53.6 Å². The lowest BCUT2D eigenvalue weighted by Gasteiger charge is -2.20. The molecule has 1 aromatic carbocycles. The number of aryl methyl sites for hydroxylation is 1. The molecule has 1 aliphatic rings. The summed E-state index contributed by atoms with van der Waals surface area (Å²) in [5.41, 5.74) is 1.66. The number of carbonyl (C=O) groups excluding carboxylic acids is 1. The van der Waals surface area contributed by atoms with Gasteiger partial charge in [-0.25, -0.2) is 13.6 Å². The van der Waals surface area contributed by atoms with Gasteiger partial charge in [-0.2, -0.15) is 11.8 Å². The summed E-state index contributed by atoms with van der Waals surface area (Å²) >= 11 is 1.92. The van der Waals surface area contributed by atoms with Crippen LogP contribution in [0.5, 0.6) is 0 Å². The molecular formula is C17H26N2O3S2. The summed E-state index contributed by atoms with van der Waals surface area (Å²) in [4.78, 5) is 12.3. The van der Waals surface area contributed by atoms with E-state index in [9.17, 15) is 13.2 Å². The fourth-order valence-electron chi connectivity index (χ4n) is 2.98. The number of hydrogen-bond acceptors (Lipinski definition) is 4. The Labute approximate surface area is 148 Å². The smallest absolute Gasteiger partial charge is 0.251 e. The van der Waals surface area contributed by atoms with E-state index in [1.165, 1.54) is 38.2 Å². The zero-order chi connectivity index (χ0) is 17.7. The standard InChI is InChI=1S/C17H26N2O3S2/c1-12-10-14(11-16(13(12)2)24(18,21)22)17(20)19-8-9-23-15-6-4-3-5-7-15/h10-11,15H,3-9H2,1-2H3,(H,19,20)(H2,18,21,22). The fraction of sp³-hybridized carbons (Fsp3) is 0.588. The molecule has 0 bridgehead atoms. The van der Waals surface area contributed by atoms with Crippen LogP contribution < -0.4 is 10.5 Å². The first-order valence-electron chi connectivity index (χ1n) is 8.33. The van der Waals surface area contributed by atoms with Crippen molar-refractivity contribution in [2.24, 2.45) is 5.14 Å². The van der Waals surface area contributed by atoms with E-state index < -0.39 is 10.0 Å². The number of hydrogen-bond donors (Lipinski definition) is 2. The maximum absolute atomic E-state index is 12.3. The molecule has 0 unspecified atom stereocenters. The molecular weight excluding hydrogens is 344 g/mol. The Morgan fingerprint density at radius 1 is 1.25 bits per heavy atom. The van der Waals surface area contributed by atoms with Crippen LogP contribution in [-0.2, 0) is 10.0 Å². The van der Waals surface area contributed by atoms with Crippen LogP contribution in [0, 0.1) is 13.8 Å². The Kier molecular flexibility index (Phi) is 6.71. The van der Waals surface area contributed by atoms with E-state index >= 15 is 0 Å². The van der Waals surface area contributed by atoms with Crippen LogP contribution >= 0.6 is 11.8 Å². The molecule has 5 nitrogen and oxygen atoms in total. The van der Waals surface area contributed by atoms with Gasteiger partial charge in [0.15, 0.2) is 0 Å². The Morgan fingerprint density at radius 2 is 1.92 bits per heavy atom. The van der Waals surface area contributed by atoms with Crippen molar-refractivity contribution in [3.8, 4) is 0 Å². The van der Waals surface area contributed by atoms with Gasteiger partial charge in [0.25, 0.3) is 5.91 Å². The largest absolute Gasteiger partial charge is 0.351 e. The van der Waals surface area contributed by atoms with Crippen LogP contribution in [0.25, 0.3) is 0 Å². The molecule has 1 aromatic rings. The van der Waals surface area contributed by atoms with Crippen molar-refractivity contribution < 1.29 is 13.2 Å². The van der Waals surface area contributed by atoms with Crippen molar-refractivity contribution in [3.05, 3.63) is 28.8 Å². The lowest BCUT2D eigenvalue weighted by Crippen LogP contribution is -2.27. The maximum atomic E-state index is 12.3. The summed E-state index contributed by atoms with van der Waals surface area (Å²) in [7, 11) is -3.84. The zero-order valence-corrected chi connectivity index (χ0v) is 15.9. The van der Waals surface area contributed by atoms with E-state index in [1.54, 1.807) is 19.9 Å². The second-order valence-electron chi connectivity index (χ2n) is 6.35. The Balaban J connectivity index is 1.93. The van der Waals surface area contributed by atoms with Crippen LogP contribution in [0.3, 0.4) is 0 Å². The molecule has 0 saturated heterocycles. The number of nitrogens with two attached hydrogens (primary N) is 1. The van der Waals surface area contributed by atoms with Gasteiger partial charge < -0.3 is 5.32 Å². The SMILES string of the molecule is Cc1cc(C(=O)NCCSC2CCCCC2)cc(S(N)(=O)=O)c1C. The van der Waals surface area contributed by atoms with Gasteiger partial charge in [0.2, 0.25) is 10.0 Å². The summed E-state index contributed by atoms with van der Waals surface area (Å²) < 4.78 is 23.3. The van der Waals surface area contributed by atoms with Gasteiger partial charge in [0.05, 0.1) is 4.90 Å². The average Bonchev–Trinajstić information content (AvgIpc) is 2.53. The van der Waals surface area contributed by atoms with Gasteiger partial charge in [-0.15, -0.1) is 0 Å². The van der Waals surface area contributed by atoms with Gasteiger partial charge in [-0.1, -0.05) is 19.3 Å². The van der Waals surface area contributed by atoms with Gasteiger partial charge >= 0.3 is 0 Å². The molecule has 0 atom stereocenters. The predicted molar refractivity (Wildman–Crippen MR) is 99.0 cm³/mol. The van der Waals surface area contributed by atoms with E-state index in [0.717, 1.165) is 11.3 Å². The number of thioether (sulfide) groups is 1. The van der Waals surface area contributed by atoms with Gasteiger partial charge in [0.1, 0.15) is 0 Å². The Hall–Kier alpha value is -1.05. The quantitative estimate of drug-likeness (QED) is 0.754. The molecule has 1 fully saturated rings. The second-order valence-corrected chi connectivity index (χ2v) is 9.29. The van der Waals surface area contributed by atoms with Crippen molar-refractivity contribution in [2.45, 2.75) is 56.1 Å². The number of amides is 1. The maximum Gasteiger partial charge on any atom is 0.251 e. The van der Waals surface area contributed by atoms with Gasteiger partial charge in [-0.3, -0.25) is 4.79 Å². The topological polar surface area (TPSA) is 89.3 Å². The molecule has 7 heteroatoms. The number of rotatable bonds is 6. The summed E-state index contributed by atoms with van der Waals surface area (Å²) in [6.45, 7) is 4.05. The third-order valence-electron chi connectivity index (χ3n) is 4.48. The number of sulfonamides is 1. The molecule has 3 N–H and O–H groups in total. The zero-order valence-electron chi connectivity index (χ0n) is 14.3. The summed E-state index contributed by atoms with van der Waals surface area (Å²) in [6.07, 6.45) is 6.50. The van der Waals surface area contributed by atoms with Crippen LogP contribution in [0.4, 0.5) is 0 Å². The minimum absolute atomic E-state index is 0.0178. The second kappa shape index (κ2) is 8.36. The predicted octanol–water partition coefficient (Wildman–Crippen LogP) is 2.75. The molecule has 0 heterocycles. The molecule has 1 amide bonds. The minimum Gasteiger partial charge on any atom is -0.351 e. The number of benzene rings is 1. The fourth-order valence-corrected chi connectivity index (χ4v) is 5.08. The number of carbonyl (C=O) groups is 1. The third kappa shape index (κ3) is 5.22. The molecule has 24 heavy (non-hydrogen) atoms. The molecule has 1 saturated carbocycles. The molecule has 0 aromatic heterocycles. The molecule has 1 aliphatic carbocycles. The highest BCUT2D eigenvalue weighted by atomic mass is 32.2. The van der Waals surface area contributed by atoms with Gasteiger partial charge in [-0.05, 0) is 49.9 Å². The number of primary sulfonamides is 1. The van der Waals surface area contributed by atoms with Crippen molar-refractivity contribution in [1.29, 1.82) is 0 Å². The molecule has 0 spiro atoms.